The Balaban J connectivity index is 2.72. The Morgan fingerprint density at radius 2 is 1.76 bits per heavy atom. The molecule has 0 aliphatic heterocycles. The first kappa shape index (κ1) is 18.0. The van der Waals surface area contributed by atoms with E-state index in [4.69, 9.17) is 10.8 Å². The highest BCUT2D eigenvalue weighted by Crippen LogP contribution is 2.39. The molecular weight excluding hydrogens is 268 g/mol. The second-order valence-electron chi connectivity index (χ2n) is 6.51. The predicted octanol–water partition coefficient (Wildman–Crippen LogP) is 2.29. The molecule has 5 heteroatoms. The number of hydrogen-bond donors (Lipinski definition) is 3. The lowest BCUT2D eigenvalue weighted by atomic mass is 9.71. The summed E-state index contributed by atoms with van der Waals surface area (Å²) < 4.78 is 0. The first-order valence-corrected chi connectivity index (χ1v) is 8.14. The van der Waals surface area contributed by atoms with Crippen molar-refractivity contribution in [3.8, 4) is 0 Å². The van der Waals surface area contributed by atoms with Gasteiger partial charge in [-0.25, -0.2) is 0 Å². The standard InChI is InChI=1S/C16H30N2O3/c1-3-16(4-2,11-17)14(21)18-12-15(10-13(19)20)8-6-5-7-9-15/h3-12,17H2,1-2H3,(H,18,21)(H,19,20). The molecular formula is C16H30N2O3. The van der Waals surface area contributed by atoms with Gasteiger partial charge in [-0.1, -0.05) is 33.1 Å². The normalized spacial score (nSPS) is 18.2. The lowest BCUT2D eigenvalue weighted by molar-refractivity contribution is -0.141. The second kappa shape index (κ2) is 7.78. The third-order valence-electron chi connectivity index (χ3n) is 5.29. The van der Waals surface area contributed by atoms with Crippen LogP contribution in [-0.4, -0.2) is 30.1 Å². The van der Waals surface area contributed by atoms with Gasteiger partial charge in [0.15, 0.2) is 0 Å². The van der Waals surface area contributed by atoms with Crippen molar-refractivity contribution in [3.63, 3.8) is 0 Å². The van der Waals surface area contributed by atoms with E-state index in [1.165, 1.54) is 0 Å². The molecule has 0 bridgehead atoms. The van der Waals surface area contributed by atoms with Gasteiger partial charge in [-0.2, -0.15) is 0 Å². The number of carboxylic acids is 1. The minimum atomic E-state index is -0.776. The fourth-order valence-corrected chi connectivity index (χ4v) is 3.45. The van der Waals surface area contributed by atoms with Gasteiger partial charge in [-0.15, -0.1) is 0 Å². The zero-order chi connectivity index (χ0) is 15.9. The van der Waals surface area contributed by atoms with Crippen LogP contribution >= 0.6 is 0 Å². The van der Waals surface area contributed by atoms with Gasteiger partial charge in [-0.05, 0) is 31.1 Å². The molecule has 1 amide bonds. The summed E-state index contributed by atoms with van der Waals surface area (Å²) in [6, 6.07) is 0. The van der Waals surface area contributed by atoms with E-state index in [1.54, 1.807) is 0 Å². The summed E-state index contributed by atoms with van der Waals surface area (Å²) >= 11 is 0. The molecule has 1 aliphatic carbocycles. The number of carboxylic acid groups (broad SMARTS) is 1. The maximum Gasteiger partial charge on any atom is 0.303 e. The number of carbonyl (C=O) groups is 2. The highest BCUT2D eigenvalue weighted by atomic mass is 16.4. The number of nitrogens with two attached hydrogens (primary N) is 1. The van der Waals surface area contributed by atoms with Crippen LogP contribution in [0.3, 0.4) is 0 Å². The fourth-order valence-electron chi connectivity index (χ4n) is 3.45. The third-order valence-corrected chi connectivity index (χ3v) is 5.29. The average molecular weight is 298 g/mol. The highest BCUT2D eigenvalue weighted by Gasteiger charge is 2.38. The summed E-state index contributed by atoms with van der Waals surface area (Å²) in [5.41, 5.74) is 5.01. The van der Waals surface area contributed by atoms with Crippen LogP contribution in [0.2, 0.25) is 0 Å². The van der Waals surface area contributed by atoms with Gasteiger partial charge in [0.05, 0.1) is 11.8 Å². The van der Waals surface area contributed by atoms with Crippen LogP contribution in [-0.2, 0) is 9.59 Å². The van der Waals surface area contributed by atoms with Crippen molar-refractivity contribution in [1.82, 2.24) is 5.32 Å². The molecule has 0 radical (unpaired) electrons. The average Bonchev–Trinajstić information content (AvgIpc) is 2.48. The van der Waals surface area contributed by atoms with Crippen LogP contribution in [0.25, 0.3) is 0 Å². The minimum Gasteiger partial charge on any atom is -0.481 e. The van der Waals surface area contributed by atoms with Crippen molar-refractivity contribution < 1.29 is 14.7 Å². The summed E-state index contributed by atoms with van der Waals surface area (Å²) in [6.45, 7) is 4.74. The fraction of sp³-hybridized carbons (Fsp3) is 0.875. The number of aliphatic carboxylic acids is 1. The number of nitrogens with one attached hydrogen (secondary N) is 1. The lowest BCUT2D eigenvalue weighted by Crippen LogP contribution is -2.49. The number of carbonyl (C=O) groups excluding carboxylic acids is 1. The predicted molar refractivity (Wildman–Crippen MR) is 82.8 cm³/mol. The summed E-state index contributed by atoms with van der Waals surface area (Å²) in [5, 5.41) is 12.2. The van der Waals surface area contributed by atoms with Crippen LogP contribution in [0.15, 0.2) is 0 Å². The third kappa shape index (κ3) is 4.43. The molecule has 1 fully saturated rings. The van der Waals surface area contributed by atoms with Crippen LogP contribution in [0.1, 0.15) is 65.2 Å². The number of amides is 1. The Hall–Kier alpha value is -1.10. The van der Waals surface area contributed by atoms with Crippen LogP contribution in [0, 0.1) is 10.8 Å². The van der Waals surface area contributed by atoms with Crippen molar-refractivity contribution in [1.29, 1.82) is 0 Å². The van der Waals surface area contributed by atoms with E-state index in [1.807, 2.05) is 13.8 Å². The van der Waals surface area contributed by atoms with E-state index in [9.17, 15) is 9.59 Å². The van der Waals surface area contributed by atoms with Gasteiger partial charge in [0.1, 0.15) is 0 Å². The Bertz CT molecular complexity index is 350. The van der Waals surface area contributed by atoms with Gasteiger partial charge in [0, 0.05) is 13.1 Å². The molecule has 1 aliphatic rings. The molecule has 0 unspecified atom stereocenters. The molecule has 1 rings (SSSR count). The molecule has 4 N–H and O–H groups in total. The zero-order valence-corrected chi connectivity index (χ0v) is 13.4. The topological polar surface area (TPSA) is 92.4 Å². The van der Waals surface area contributed by atoms with E-state index in [0.29, 0.717) is 25.9 Å². The molecule has 0 spiro atoms. The molecule has 21 heavy (non-hydrogen) atoms. The van der Waals surface area contributed by atoms with E-state index >= 15 is 0 Å². The molecule has 0 aromatic rings. The first-order chi connectivity index (χ1) is 9.93. The molecule has 5 nitrogen and oxygen atoms in total. The summed E-state index contributed by atoms with van der Waals surface area (Å²) in [4.78, 5) is 23.6. The van der Waals surface area contributed by atoms with Gasteiger partial charge < -0.3 is 16.2 Å². The summed E-state index contributed by atoms with van der Waals surface area (Å²) in [5.74, 6) is -0.799. The van der Waals surface area contributed by atoms with Crippen LogP contribution in [0.5, 0.6) is 0 Å². The van der Waals surface area contributed by atoms with E-state index in [2.05, 4.69) is 5.32 Å². The molecule has 0 aromatic heterocycles. The van der Waals surface area contributed by atoms with Crippen LogP contribution < -0.4 is 11.1 Å². The SMILES string of the molecule is CCC(CC)(CN)C(=O)NCC1(CC(=O)O)CCCCC1. The zero-order valence-electron chi connectivity index (χ0n) is 13.4. The minimum absolute atomic E-state index is 0.0228. The van der Waals surface area contributed by atoms with Gasteiger partial charge in [0.2, 0.25) is 5.91 Å². The maximum absolute atomic E-state index is 12.5. The van der Waals surface area contributed by atoms with Crippen molar-refractivity contribution in [3.05, 3.63) is 0 Å². The lowest BCUT2D eigenvalue weighted by Gasteiger charge is -2.38. The van der Waals surface area contributed by atoms with Crippen molar-refractivity contribution in [2.45, 2.75) is 65.2 Å². The summed E-state index contributed by atoms with van der Waals surface area (Å²) in [7, 11) is 0. The Morgan fingerprint density at radius 3 is 2.19 bits per heavy atom. The van der Waals surface area contributed by atoms with Crippen LogP contribution in [0.4, 0.5) is 0 Å². The smallest absolute Gasteiger partial charge is 0.303 e. The highest BCUT2D eigenvalue weighted by molar-refractivity contribution is 5.83. The number of rotatable bonds is 8. The molecule has 0 atom stereocenters. The van der Waals surface area contributed by atoms with E-state index < -0.39 is 11.4 Å². The number of hydrogen-bond acceptors (Lipinski definition) is 3. The van der Waals surface area contributed by atoms with Gasteiger partial charge in [0.25, 0.3) is 0 Å². The molecule has 122 valence electrons. The first-order valence-electron chi connectivity index (χ1n) is 8.14. The molecule has 0 saturated heterocycles. The van der Waals surface area contributed by atoms with Crippen molar-refractivity contribution >= 4 is 11.9 Å². The van der Waals surface area contributed by atoms with E-state index in [-0.39, 0.29) is 17.7 Å². The molecule has 0 aromatic carbocycles. The maximum atomic E-state index is 12.5. The molecule has 0 heterocycles. The van der Waals surface area contributed by atoms with Crippen molar-refractivity contribution in [2.24, 2.45) is 16.6 Å². The summed E-state index contributed by atoms with van der Waals surface area (Å²) in [6.07, 6.45) is 6.57. The van der Waals surface area contributed by atoms with Gasteiger partial charge >= 0.3 is 5.97 Å². The van der Waals surface area contributed by atoms with Gasteiger partial charge in [-0.3, -0.25) is 9.59 Å². The molecule has 1 saturated carbocycles. The Kier molecular flexibility index (Phi) is 6.65. The monoisotopic (exact) mass is 298 g/mol. The Labute approximate surface area is 127 Å². The van der Waals surface area contributed by atoms with Crippen molar-refractivity contribution in [2.75, 3.05) is 13.1 Å². The Morgan fingerprint density at radius 1 is 1.19 bits per heavy atom. The quantitative estimate of drug-likeness (QED) is 0.641. The largest absolute Gasteiger partial charge is 0.481 e. The second-order valence-corrected chi connectivity index (χ2v) is 6.51. The van der Waals surface area contributed by atoms with E-state index in [0.717, 1.165) is 32.1 Å².